The van der Waals surface area contributed by atoms with Gasteiger partial charge in [-0.3, -0.25) is 9.59 Å². The predicted octanol–water partition coefficient (Wildman–Crippen LogP) is 2.96. The van der Waals surface area contributed by atoms with Gasteiger partial charge in [-0.1, -0.05) is 24.8 Å². The van der Waals surface area contributed by atoms with Crippen molar-refractivity contribution in [3.8, 4) is 0 Å². The van der Waals surface area contributed by atoms with E-state index in [1.165, 1.54) is 23.1 Å². The summed E-state index contributed by atoms with van der Waals surface area (Å²) in [4.78, 5) is 34.9. The van der Waals surface area contributed by atoms with Gasteiger partial charge in [-0.25, -0.2) is 19.0 Å². The Morgan fingerprint density at radius 2 is 2.00 bits per heavy atom. The number of aromatic nitrogens is 6. The van der Waals surface area contributed by atoms with E-state index in [9.17, 15) is 14.7 Å². The lowest BCUT2D eigenvalue weighted by molar-refractivity contribution is 0.0929. The third-order valence-electron chi connectivity index (χ3n) is 6.92. The summed E-state index contributed by atoms with van der Waals surface area (Å²) in [6.45, 7) is 5.84. The second-order valence-corrected chi connectivity index (χ2v) is 9.23. The largest absolute Gasteiger partial charge is 0.508 e. The topological polar surface area (TPSA) is 139 Å². The zero-order chi connectivity index (χ0) is 26.4. The monoisotopic (exact) mass is 508 g/mol. The van der Waals surface area contributed by atoms with Crippen LogP contribution in [0, 0.1) is 6.92 Å². The van der Waals surface area contributed by atoms with Crippen molar-refractivity contribution in [2.45, 2.75) is 32.4 Å². The highest BCUT2D eigenvalue weighted by Gasteiger charge is 2.28. The van der Waals surface area contributed by atoms with E-state index in [2.05, 4.69) is 37.4 Å². The third kappa shape index (κ3) is 4.03. The number of carbonyl (C=O) groups excluding carboxylic acids is 2. The number of rotatable bonds is 6. The second kappa shape index (κ2) is 9.11. The van der Waals surface area contributed by atoms with Crippen LogP contribution in [-0.2, 0) is 13.0 Å². The number of fused-ring (bicyclic) bond motifs is 3. The highest BCUT2D eigenvalue weighted by Crippen LogP contribution is 2.36. The Kier molecular flexibility index (Phi) is 5.60. The van der Waals surface area contributed by atoms with Gasteiger partial charge in [-0.2, -0.15) is 10.2 Å². The lowest BCUT2D eigenvalue weighted by atomic mass is 9.97. The van der Waals surface area contributed by atoms with Gasteiger partial charge < -0.3 is 15.7 Å². The normalized spacial score (nSPS) is 14.5. The Morgan fingerprint density at radius 3 is 2.84 bits per heavy atom. The van der Waals surface area contributed by atoms with Gasteiger partial charge in [0, 0.05) is 30.4 Å². The van der Waals surface area contributed by atoms with Gasteiger partial charge in [0.25, 0.3) is 11.8 Å². The maximum absolute atomic E-state index is 13.4. The average molecular weight is 509 g/mol. The standard InChI is InChI=1S/C27H24N8O3/c1-15-18(16(2)36)4-5-20-19(15)6-7-21(20)33-27(38)23-11-22(32-25-9-10-30-35(23)25)26(37)28-12-17-3-8-24-29-14-31-34(24)13-17/h3-5,8-11,13-14,21,36H,2,6-7,12H2,1H3,(H,28,37)(H,33,38). The van der Waals surface area contributed by atoms with Gasteiger partial charge >= 0.3 is 0 Å². The van der Waals surface area contributed by atoms with E-state index in [4.69, 9.17) is 0 Å². The Labute approximate surface area is 216 Å². The summed E-state index contributed by atoms with van der Waals surface area (Å²) < 4.78 is 3.05. The third-order valence-corrected chi connectivity index (χ3v) is 6.92. The molecule has 0 fully saturated rings. The number of pyridine rings is 1. The number of carbonyl (C=O) groups is 2. The minimum atomic E-state index is -0.417. The average Bonchev–Trinajstić information content (AvgIpc) is 3.66. The van der Waals surface area contributed by atoms with E-state index in [-0.39, 0.29) is 35.6 Å². The van der Waals surface area contributed by atoms with Crippen LogP contribution in [0.25, 0.3) is 17.1 Å². The van der Waals surface area contributed by atoms with Crippen molar-refractivity contribution in [1.82, 2.24) is 39.8 Å². The summed E-state index contributed by atoms with van der Waals surface area (Å²) in [5.41, 5.74) is 6.04. The van der Waals surface area contributed by atoms with E-state index in [1.54, 1.807) is 16.8 Å². The summed E-state index contributed by atoms with van der Waals surface area (Å²) >= 11 is 0. The lowest BCUT2D eigenvalue weighted by Crippen LogP contribution is -2.30. The van der Waals surface area contributed by atoms with Crippen LogP contribution in [0.1, 0.15) is 61.3 Å². The Bertz CT molecular complexity index is 1750. The molecule has 0 radical (unpaired) electrons. The SMILES string of the molecule is C=C(O)c1ccc2c(c1C)CCC2NC(=O)c1cc(C(=O)NCc2ccc3ncnn3c2)nc2ccnn12. The lowest BCUT2D eigenvalue weighted by Gasteiger charge is -2.16. The molecule has 5 aromatic rings. The molecule has 0 saturated heterocycles. The smallest absolute Gasteiger partial charge is 0.270 e. The molecular formula is C27H24N8O3. The fraction of sp³-hybridized carbons (Fsp3) is 0.185. The Balaban J connectivity index is 1.23. The first kappa shape index (κ1) is 23.3. The number of hydrogen-bond donors (Lipinski definition) is 3. The maximum Gasteiger partial charge on any atom is 0.270 e. The number of aliphatic hydroxyl groups is 1. The molecule has 190 valence electrons. The molecule has 6 rings (SSSR count). The molecule has 11 heteroatoms. The molecule has 1 aliphatic carbocycles. The number of hydrogen-bond acceptors (Lipinski definition) is 7. The number of nitrogens with zero attached hydrogens (tertiary/aromatic N) is 6. The Hall–Kier alpha value is -5.06. The first-order valence-electron chi connectivity index (χ1n) is 12.1. The quantitative estimate of drug-likeness (QED) is 0.300. The zero-order valence-electron chi connectivity index (χ0n) is 20.5. The van der Waals surface area contributed by atoms with E-state index >= 15 is 0 Å². The van der Waals surface area contributed by atoms with E-state index in [1.807, 2.05) is 31.2 Å². The van der Waals surface area contributed by atoms with Gasteiger partial charge in [0.05, 0.1) is 12.2 Å². The van der Waals surface area contributed by atoms with Crippen LogP contribution >= 0.6 is 0 Å². The van der Waals surface area contributed by atoms with Crippen molar-refractivity contribution in [3.05, 3.63) is 101 Å². The van der Waals surface area contributed by atoms with Crippen LogP contribution in [0.3, 0.4) is 0 Å². The van der Waals surface area contributed by atoms with Crippen molar-refractivity contribution in [3.63, 3.8) is 0 Å². The number of aliphatic hydroxyl groups excluding tert-OH is 1. The summed E-state index contributed by atoms with van der Waals surface area (Å²) in [6.07, 6.45) is 6.28. The number of amides is 2. The maximum atomic E-state index is 13.4. The fourth-order valence-corrected chi connectivity index (χ4v) is 5.00. The van der Waals surface area contributed by atoms with E-state index < -0.39 is 5.91 Å². The van der Waals surface area contributed by atoms with Crippen molar-refractivity contribution >= 4 is 28.9 Å². The molecule has 38 heavy (non-hydrogen) atoms. The fourth-order valence-electron chi connectivity index (χ4n) is 5.00. The first-order valence-corrected chi connectivity index (χ1v) is 12.1. The molecule has 11 nitrogen and oxygen atoms in total. The van der Waals surface area contributed by atoms with Gasteiger partial charge in [0.2, 0.25) is 0 Å². The van der Waals surface area contributed by atoms with Gasteiger partial charge in [0.1, 0.15) is 23.5 Å². The van der Waals surface area contributed by atoms with Crippen LogP contribution in [-0.4, -0.2) is 46.1 Å². The molecule has 1 unspecified atom stereocenters. The van der Waals surface area contributed by atoms with Crippen molar-refractivity contribution in [2.24, 2.45) is 0 Å². The van der Waals surface area contributed by atoms with Crippen LogP contribution in [0.4, 0.5) is 0 Å². The summed E-state index contributed by atoms with van der Waals surface area (Å²) in [7, 11) is 0. The minimum Gasteiger partial charge on any atom is -0.508 e. The molecule has 1 aromatic carbocycles. The predicted molar refractivity (Wildman–Crippen MR) is 139 cm³/mol. The van der Waals surface area contributed by atoms with Crippen LogP contribution < -0.4 is 10.6 Å². The highest BCUT2D eigenvalue weighted by atomic mass is 16.3. The van der Waals surface area contributed by atoms with Crippen LogP contribution in [0.5, 0.6) is 0 Å². The molecule has 3 N–H and O–H groups in total. The summed E-state index contributed by atoms with van der Waals surface area (Å²) in [5.74, 6) is -0.752. The molecule has 0 aliphatic heterocycles. The molecule has 0 spiro atoms. The van der Waals surface area contributed by atoms with Crippen molar-refractivity contribution in [2.75, 3.05) is 0 Å². The summed E-state index contributed by atoms with van der Waals surface area (Å²) in [5, 5.41) is 24.1. The summed E-state index contributed by atoms with van der Waals surface area (Å²) in [6, 6.07) is 10.3. The molecule has 0 saturated carbocycles. The molecule has 0 bridgehead atoms. The Morgan fingerprint density at radius 1 is 1.13 bits per heavy atom. The molecule has 1 aliphatic rings. The van der Waals surface area contributed by atoms with Crippen LogP contribution in [0.15, 0.2) is 61.7 Å². The zero-order valence-corrected chi connectivity index (χ0v) is 20.5. The molecular weight excluding hydrogens is 484 g/mol. The number of benzene rings is 1. The van der Waals surface area contributed by atoms with E-state index in [0.717, 1.165) is 35.1 Å². The van der Waals surface area contributed by atoms with Crippen LogP contribution in [0.2, 0.25) is 0 Å². The molecule has 4 aromatic heterocycles. The molecule has 4 heterocycles. The minimum absolute atomic E-state index is 0.0281. The highest BCUT2D eigenvalue weighted by molar-refractivity contribution is 5.98. The second-order valence-electron chi connectivity index (χ2n) is 9.23. The van der Waals surface area contributed by atoms with Crippen molar-refractivity contribution < 1.29 is 14.7 Å². The van der Waals surface area contributed by atoms with Gasteiger partial charge in [-0.05, 0) is 48.1 Å². The molecule has 2 amide bonds. The molecule has 1 atom stereocenters. The van der Waals surface area contributed by atoms with E-state index in [0.29, 0.717) is 16.9 Å². The number of nitrogens with one attached hydrogen (secondary N) is 2. The van der Waals surface area contributed by atoms with Crippen molar-refractivity contribution in [1.29, 1.82) is 0 Å². The van der Waals surface area contributed by atoms with Gasteiger partial charge in [-0.15, -0.1) is 0 Å². The van der Waals surface area contributed by atoms with Gasteiger partial charge in [0.15, 0.2) is 11.3 Å². The first-order chi connectivity index (χ1) is 18.4.